The van der Waals surface area contributed by atoms with Gasteiger partial charge in [-0.2, -0.15) is 0 Å². The fourth-order valence-electron chi connectivity index (χ4n) is 4.42. The van der Waals surface area contributed by atoms with Crippen molar-refractivity contribution in [3.63, 3.8) is 0 Å². The summed E-state index contributed by atoms with van der Waals surface area (Å²) in [7, 11) is 4.80. The van der Waals surface area contributed by atoms with Crippen LogP contribution in [0.15, 0.2) is 53.7 Å². The van der Waals surface area contributed by atoms with Crippen LogP contribution in [0.5, 0.6) is 17.2 Å². The molecule has 4 rings (SSSR count). The summed E-state index contributed by atoms with van der Waals surface area (Å²) < 4.78 is 15.9. The van der Waals surface area contributed by atoms with Crippen LogP contribution in [-0.4, -0.2) is 33.0 Å². The van der Waals surface area contributed by atoms with E-state index in [9.17, 15) is 9.59 Å². The number of hydrogen-bond donors (Lipinski definition) is 1. The number of ketones is 1. The molecule has 1 N–H and O–H groups in total. The third-order valence-electron chi connectivity index (χ3n) is 5.93. The molecule has 30 heavy (non-hydrogen) atoms. The lowest BCUT2D eigenvalue weighted by Crippen LogP contribution is -2.38. The predicted octanol–water partition coefficient (Wildman–Crippen LogP) is 3.72. The molecule has 2 atom stereocenters. The maximum Gasteiger partial charge on any atom is 0.225 e. The Kier molecular flexibility index (Phi) is 5.48. The van der Waals surface area contributed by atoms with Gasteiger partial charge in [-0.05, 0) is 47.7 Å². The molecule has 2 aliphatic rings. The molecule has 0 radical (unpaired) electrons. The normalized spacial score (nSPS) is 21.0. The molecule has 6 nitrogen and oxygen atoms in total. The summed E-state index contributed by atoms with van der Waals surface area (Å²) in [6.07, 6.45) is 1.28. The summed E-state index contributed by atoms with van der Waals surface area (Å²) in [5.74, 6) is 1.80. The van der Waals surface area contributed by atoms with Gasteiger partial charge in [0, 0.05) is 30.0 Å². The van der Waals surface area contributed by atoms with Crippen LogP contribution < -0.4 is 19.5 Å². The monoisotopic (exact) mass is 407 g/mol. The van der Waals surface area contributed by atoms with Crippen LogP contribution in [-0.2, 0) is 9.59 Å². The number of methoxy groups -OCH3 is 3. The molecule has 0 spiro atoms. The molecule has 6 heteroatoms. The van der Waals surface area contributed by atoms with E-state index in [4.69, 9.17) is 14.2 Å². The van der Waals surface area contributed by atoms with E-state index < -0.39 is 0 Å². The van der Waals surface area contributed by atoms with Crippen LogP contribution >= 0.6 is 0 Å². The van der Waals surface area contributed by atoms with Crippen molar-refractivity contribution in [2.75, 3.05) is 21.3 Å². The van der Waals surface area contributed by atoms with Crippen molar-refractivity contribution in [2.24, 2.45) is 0 Å². The van der Waals surface area contributed by atoms with Gasteiger partial charge in [-0.3, -0.25) is 9.59 Å². The first-order valence-electron chi connectivity index (χ1n) is 9.96. The number of allylic oxidation sites excluding steroid dienone is 2. The van der Waals surface area contributed by atoms with Gasteiger partial charge in [0.1, 0.15) is 5.75 Å². The topological polar surface area (TPSA) is 73.9 Å². The number of nitrogens with one attached hydrogen (secondary N) is 1. The summed E-state index contributed by atoms with van der Waals surface area (Å²) in [5.41, 5.74) is 3.42. The van der Waals surface area contributed by atoms with Crippen molar-refractivity contribution in [3.8, 4) is 17.2 Å². The van der Waals surface area contributed by atoms with Crippen molar-refractivity contribution in [1.82, 2.24) is 5.32 Å². The van der Waals surface area contributed by atoms with Crippen molar-refractivity contribution in [1.29, 1.82) is 0 Å². The smallest absolute Gasteiger partial charge is 0.225 e. The number of carbonyl (C=O) groups is 2. The molecule has 1 amide bonds. The van der Waals surface area contributed by atoms with E-state index in [-0.39, 0.29) is 29.9 Å². The molecule has 2 aromatic rings. The van der Waals surface area contributed by atoms with Gasteiger partial charge in [0.2, 0.25) is 5.91 Å². The molecular weight excluding hydrogens is 382 g/mol. The molecule has 156 valence electrons. The lowest BCUT2D eigenvalue weighted by Gasteiger charge is -2.34. The highest BCUT2D eigenvalue weighted by Crippen LogP contribution is 2.43. The van der Waals surface area contributed by atoms with E-state index in [1.54, 1.807) is 21.3 Å². The van der Waals surface area contributed by atoms with Gasteiger partial charge in [0.25, 0.3) is 0 Å². The number of ether oxygens (including phenoxy) is 3. The van der Waals surface area contributed by atoms with Crippen LogP contribution in [0, 0.1) is 0 Å². The molecule has 1 aliphatic carbocycles. The highest BCUT2D eigenvalue weighted by atomic mass is 16.5. The molecule has 0 fully saturated rings. The minimum absolute atomic E-state index is 0.0222. The fraction of sp³-hybridized carbons (Fsp3) is 0.333. The second-order valence-corrected chi connectivity index (χ2v) is 7.61. The van der Waals surface area contributed by atoms with Gasteiger partial charge in [0.05, 0.1) is 21.3 Å². The van der Waals surface area contributed by atoms with Gasteiger partial charge in [-0.1, -0.05) is 18.2 Å². The maximum absolute atomic E-state index is 13.2. The molecule has 0 aromatic heterocycles. The van der Waals surface area contributed by atoms with Crippen molar-refractivity contribution >= 4 is 11.7 Å². The molecular formula is C24H25NO5. The lowest BCUT2D eigenvalue weighted by atomic mass is 9.73. The van der Waals surface area contributed by atoms with E-state index in [2.05, 4.69) is 5.32 Å². The Morgan fingerprint density at radius 3 is 2.17 bits per heavy atom. The Hall–Kier alpha value is -3.28. The Labute approximate surface area is 175 Å². The van der Waals surface area contributed by atoms with Crippen molar-refractivity contribution in [2.45, 2.75) is 31.1 Å². The van der Waals surface area contributed by atoms with Crippen LogP contribution in [0.25, 0.3) is 0 Å². The molecule has 2 aromatic carbocycles. The summed E-state index contributed by atoms with van der Waals surface area (Å²) in [6, 6.07) is 13.3. The Morgan fingerprint density at radius 2 is 1.50 bits per heavy atom. The van der Waals surface area contributed by atoms with Crippen LogP contribution in [0.2, 0.25) is 0 Å². The lowest BCUT2D eigenvalue weighted by molar-refractivity contribution is -0.122. The number of benzene rings is 2. The minimum atomic E-state index is -0.224. The molecule has 0 unspecified atom stereocenters. The van der Waals surface area contributed by atoms with E-state index in [1.807, 2.05) is 42.5 Å². The first-order chi connectivity index (χ1) is 14.5. The number of rotatable bonds is 5. The molecule has 0 saturated heterocycles. The molecule has 0 bridgehead atoms. The first-order valence-corrected chi connectivity index (χ1v) is 9.96. The number of amides is 1. The zero-order chi connectivity index (χ0) is 21.3. The van der Waals surface area contributed by atoms with E-state index in [1.165, 1.54) is 0 Å². The highest BCUT2D eigenvalue weighted by Gasteiger charge is 2.38. The van der Waals surface area contributed by atoms with E-state index in [0.717, 1.165) is 28.1 Å². The second-order valence-electron chi connectivity index (χ2n) is 7.61. The number of hydrogen-bond acceptors (Lipinski definition) is 5. The SMILES string of the molecule is COc1ccc([C@H]2CC(=O)NC3=C2C(=O)C[C@@H](c2ccc(OC)c(OC)c2)C3)cc1. The van der Waals surface area contributed by atoms with Crippen LogP contribution in [0.1, 0.15) is 42.2 Å². The Balaban J connectivity index is 1.67. The quantitative estimate of drug-likeness (QED) is 0.818. The molecule has 1 aliphatic heterocycles. The van der Waals surface area contributed by atoms with Gasteiger partial charge < -0.3 is 19.5 Å². The van der Waals surface area contributed by atoms with Gasteiger partial charge in [0.15, 0.2) is 17.3 Å². The third kappa shape index (κ3) is 3.65. The average molecular weight is 407 g/mol. The second kappa shape index (κ2) is 8.22. The summed E-state index contributed by atoms with van der Waals surface area (Å²) in [5, 5.41) is 2.96. The summed E-state index contributed by atoms with van der Waals surface area (Å²) in [4.78, 5) is 25.7. The summed E-state index contributed by atoms with van der Waals surface area (Å²) >= 11 is 0. The van der Waals surface area contributed by atoms with Crippen LogP contribution in [0.4, 0.5) is 0 Å². The fourth-order valence-corrected chi connectivity index (χ4v) is 4.42. The predicted molar refractivity (Wildman–Crippen MR) is 112 cm³/mol. The van der Waals surface area contributed by atoms with Crippen molar-refractivity contribution in [3.05, 3.63) is 64.9 Å². The number of Topliss-reactive ketones (excluding diaryl/α,β-unsaturated/α-hetero) is 1. The largest absolute Gasteiger partial charge is 0.497 e. The van der Waals surface area contributed by atoms with Gasteiger partial charge in [-0.15, -0.1) is 0 Å². The van der Waals surface area contributed by atoms with Crippen LogP contribution in [0.3, 0.4) is 0 Å². The first kappa shape index (κ1) is 20.0. The third-order valence-corrected chi connectivity index (χ3v) is 5.93. The number of carbonyl (C=O) groups excluding carboxylic acids is 2. The zero-order valence-electron chi connectivity index (χ0n) is 17.4. The average Bonchev–Trinajstić information content (AvgIpc) is 2.77. The van der Waals surface area contributed by atoms with Crippen molar-refractivity contribution < 1.29 is 23.8 Å². The Morgan fingerprint density at radius 1 is 0.800 bits per heavy atom. The molecule has 0 saturated carbocycles. The minimum Gasteiger partial charge on any atom is -0.497 e. The zero-order valence-corrected chi connectivity index (χ0v) is 17.4. The Bertz CT molecular complexity index is 1010. The highest BCUT2D eigenvalue weighted by molar-refractivity contribution is 6.02. The summed E-state index contributed by atoms with van der Waals surface area (Å²) in [6.45, 7) is 0. The van der Waals surface area contributed by atoms with Gasteiger partial charge in [-0.25, -0.2) is 0 Å². The standard InChI is InChI=1S/C24H25NO5/c1-28-17-7-4-14(5-8-17)18-13-23(27)25-19-10-16(11-20(26)24(18)19)15-6-9-21(29-2)22(12-15)30-3/h4-9,12,16,18H,10-11,13H2,1-3H3,(H,25,27)/t16-,18+/m0/s1. The molecule has 1 heterocycles. The van der Waals surface area contributed by atoms with Gasteiger partial charge >= 0.3 is 0 Å². The maximum atomic E-state index is 13.2. The van der Waals surface area contributed by atoms with E-state index in [0.29, 0.717) is 24.3 Å². The van der Waals surface area contributed by atoms with E-state index >= 15 is 0 Å².